The highest BCUT2D eigenvalue weighted by Gasteiger charge is 2.17. The lowest BCUT2D eigenvalue weighted by atomic mass is 10.1. The lowest BCUT2D eigenvalue weighted by Gasteiger charge is -2.19. The van der Waals surface area contributed by atoms with Crippen LogP contribution in [-0.2, 0) is 16.0 Å². The van der Waals surface area contributed by atoms with E-state index >= 15 is 0 Å². The van der Waals surface area contributed by atoms with E-state index in [1.54, 1.807) is 0 Å². The van der Waals surface area contributed by atoms with Crippen LogP contribution in [0.5, 0.6) is 0 Å². The molecule has 1 saturated heterocycles. The summed E-state index contributed by atoms with van der Waals surface area (Å²) < 4.78 is 12.3. The zero-order valence-electron chi connectivity index (χ0n) is 15.2. The summed E-state index contributed by atoms with van der Waals surface area (Å²) in [6.07, 6.45) is 1.23. The van der Waals surface area contributed by atoms with Crippen LogP contribution in [0.15, 0.2) is 27.7 Å². The summed E-state index contributed by atoms with van der Waals surface area (Å²) in [6, 6.07) is 6.47. The highest BCUT2D eigenvalue weighted by Crippen LogP contribution is 2.16. The van der Waals surface area contributed by atoms with E-state index in [0.717, 1.165) is 30.0 Å². The third-order valence-electron chi connectivity index (χ3n) is 3.91. The Bertz CT molecular complexity index is 551. The fraction of sp³-hybridized carbons (Fsp3) is 0.611. The molecule has 142 valence electrons. The Labute approximate surface area is 176 Å². The highest BCUT2D eigenvalue weighted by molar-refractivity contribution is 14.0. The zero-order chi connectivity index (χ0) is 17.4. The van der Waals surface area contributed by atoms with Crippen molar-refractivity contribution in [2.24, 2.45) is 4.99 Å². The molecule has 1 fully saturated rings. The van der Waals surface area contributed by atoms with Gasteiger partial charge in [0.05, 0.1) is 25.9 Å². The molecule has 2 rings (SSSR count). The number of aliphatic imine (C=N–C) groups is 1. The van der Waals surface area contributed by atoms with Crippen LogP contribution in [0, 0.1) is 6.92 Å². The minimum atomic E-state index is 0. The van der Waals surface area contributed by atoms with Crippen LogP contribution in [0.3, 0.4) is 0 Å². The molecule has 0 aromatic heterocycles. The molecule has 5 nitrogen and oxygen atoms in total. The molecule has 2 N–H and O–H groups in total. The fourth-order valence-corrected chi connectivity index (χ4v) is 3.00. The van der Waals surface area contributed by atoms with E-state index < -0.39 is 0 Å². The number of guanidine groups is 1. The van der Waals surface area contributed by atoms with Crippen molar-refractivity contribution in [3.8, 4) is 0 Å². The number of halogens is 2. The largest absolute Gasteiger partial charge is 0.379 e. The van der Waals surface area contributed by atoms with Crippen molar-refractivity contribution in [3.05, 3.63) is 33.8 Å². The van der Waals surface area contributed by atoms with Gasteiger partial charge in [-0.1, -0.05) is 22.0 Å². The first-order chi connectivity index (χ1) is 11.6. The molecule has 25 heavy (non-hydrogen) atoms. The molecule has 0 radical (unpaired) electrons. The summed E-state index contributed by atoms with van der Waals surface area (Å²) >= 11 is 3.50. The second kappa shape index (κ2) is 12.1. The third-order valence-corrected chi connectivity index (χ3v) is 4.40. The van der Waals surface area contributed by atoms with Crippen molar-refractivity contribution in [3.63, 3.8) is 0 Å². The van der Waals surface area contributed by atoms with E-state index in [2.05, 4.69) is 65.5 Å². The monoisotopic (exact) mass is 525 g/mol. The average Bonchev–Trinajstić information content (AvgIpc) is 3.05. The van der Waals surface area contributed by atoms with Crippen LogP contribution in [0.4, 0.5) is 0 Å². The van der Waals surface area contributed by atoms with Crippen LogP contribution >= 0.6 is 39.9 Å². The molecule has 7 heteroatoms. The Kier molecular flexibility index (Phi) is 11.0. The fourth-order valence-electron chi connectivity index (χ4n) is 2.52. The predicted molar refractivity (Wildman–Crippen MR) is 117 cm³/mol. The summed E-state index contributed by atoms with van der Waals surface area (Å²) in [4.78, 5) is 4.69. The summed E-state index contributed by atoms with van der Waals surface area (Å²) in [7, 11) is 0. The third kappa shape index (κ3) is 8.23. The maximum atomic E-state index is 5.86. The lowest BCUT2D eigenvalue weighted by molar-refractivity contribution is 0.0347. The standard InChI is InChI=1S/C18H28BrN3O2.HI/c1-4-20-18(21-10-15-5-6-16(19)9-13(15)2)22-14(3)11-24-17-7-8-23-12-17;/h5-6,9,14,17H,4,7-8,10-12H2,1-3H3,(H2,20,21,22);1H. The molecule has 2 atom stereocenters. The van der Waals surface area contributed by atoms with Gasteiger partial charge in [0.25, 0.3) is 0 Å². The van der Waals surface area contributed by atoms with Crippen LogP contribution in [0.1, 0.15) is 31.4 Å². The van der Waals surface area contributed by atoms with Crippen molar-refractivity contribution in [1.29, 1.82) is 0 Å². The zero-order valence-corrected chi connectivity index (χ0v) is 19.1. The van der Waals surface area contributed by atoms with Gasteiger partial charge in [-0.05, 0) is 50.5 Å². The van der Waals surface area contributed by atoms with E-state index in [1.165, 1.54) is 11.1 Å². The number of nitrogens with one attached hydrogen (secondary N) is 2. The van der Waals surface area contributed by atoms with E-state index in [-0.39, 0.29) is 36.1 Å². The molecular weight excluding hydrogens is 497 g/mol. The van der Waals surface area contributed by atoms with Gasteiger partial charge in [-0.2, -0.15) is 0 Å². The van der Waals surface area contributed by atoms with Gasteiger partial charge in [0.15, 0.2) is 5.96 Å². The first-order valence-electron chi connectivity index (χ1n) is 8.57. The number of benzene rings is 1. The van der Waals surface area contributed by atoms with E-state index in [4.69, 9.17) is 14.5 Å². The van der Waals surface area contributed by atoms with Crippen LogP contribution < -0.4 is 10.6 Å². The second-order valence-electron chi connectivity index (χ2n) is 6.13. The van der Waals surface area contributed by atoms with E-state index in [0.29, 0.717) is 19.8 Å². The van der Waals surface area contributed by atoms with Gasteiger partial charge in [0.1, 0.15) is 0 Å². The molecule has 0 bridgehead atoms. The Balaban J connectivity index is 0.00000312. The number of aryl methyl sites for hydroxylation is 1. The first kappa shape index (κ1) is 22.7. The topological polar surface area (TPSA) is 54.9 Å². The number of nitrogens with zero attached hydrogens (tertiary/aromatic N) is 1. The lowest BCUT2D eigenvalue weighted by Crippen LogP contribution is -2.44. The smallest absolute Gasteiger partial charge is 0.191 e. The van der Waals surface area contributed by atoms with Gasteiger partial charge < -0.3 is 20.1 Å². The van der Waals surface area contributed by atoms with E-state index in [1.807, 2.05) is 0 Å². The number of hydrogen-bond acceptors (Lipinski definition) is 3. The average molecular weight is 526 g/mol. The maximum Gasteiger partial charge on any atom is 0.191 e. The maximum absolute atomic E-state index is 5.86. The molecule has 1 aromatic rings. The van der Waals surface area contributed by atoms with Gasteiger partial charge in [-0.15, -0.1) is 24.0 Å². The Morgan fingerprint density at radius 3 is 2.92 bits per heavy atom. The van der Waals surface area contributed by atoms with Crippen molar-refractivity contribution in [2.75, 3.05) is 26.4 Å². The molecule has 2 unspecified atom stereocenters. The van der Waals surface area contributed by atoms with Gasteiger partial charge >= 0.3 is 0 Å². The van der Waals surface area contributed by atoms with Gasteiger partial charge in [0.2, 0.25) is 0 Å². The Morgan fingerprint density at radius 1 is 1.48 bits per heavy atom. The molecule has 0 amide bonds. The van der Waals surface area contributed by atoms with Crippen molar-refractivity contribution in [1.82, 2.24) is 10.6 Å². The predicted octanol–water partition coefficient (Wildman–Crippen LogP) is 3.62. The van der Waals surface area contributed by atoms with Crippen molar-refractivity contribution < 1.29 is 9.47 Å². The molecule has 1 aromatic carbocycles. The number of hydrogen-bond donors (Lipinski definition) is 2. The minimum absolute atomic E-state index is 0. The Hall–Kier alpha value is -0.380. The quantitative estimate of drug-likeness (QED) is 0.324. The molecule has 0 spiro atoms. The Morgan fingerprint density at radius 2 is 2.28 bits per heavy atom. The van der Waals surface area contributed by atoms with Crippen molar-refractivity contribution >= 4 is 45.9 Å². The van der Waals surface area contributed by atoms with Crippen LogP contribution in [0.25, 0.3) is 0 Å². The van der Waals surface area contributed by atoms with Crippen LogP contribution in [0.2, 0.25) is 0 Å². The summed E-state index contributed by atoms with van der Waals surface area (Å²) in [5.41, 5.74) is 2.46. The SMILES string of the molecule is CCNC(=NCc1ccc(Br)cc1C)NC(C)COC1CCOC1.I. The van der Waals surface area contributed by atoms with Crippen molar-refractivity contribution in [2.45, 2.75) is 45.9 Å². The van der Waals surface area contributed by atoms with Gasteiger partial charge in [-0.25, -0.2) is 4.99 Å². The molecule has 1 aliphatic rings. The van der Waals surface area contributed by atoms with E-state index in [9.17, 15) is 0 Å². The number of rotatable bonds is 7. The minimum Gasteiger partial charge on any atom is -0.379 e. The first-order valence-corrected chi connectivity index (χ1v) is 9.37. The summed E-state index contributed by atoms with van der Waals surface area (Å²) in [5.74, 6) is 0.818. The molecule has 0 aliphatic carbocycles. The highest BCUT2D eigenvalue weighted by atomic mass is 127. The molecule has 1 aliphatic heterocycles. The summed E-state index contributed by atoms with van der Waals surface area (Å²) in [5, 5.41) is 6.70. The number of ether oxygens (including phenoxy) is 2. The molecular formula is C18H29BrIN3O2. The molecule has 0 saturated carbocycles. The van der Waals surface area contributed by atoms with Gasteiger partial charge in [0, 0.05) is 23.7 Å². The normalized spacial score (nSPS) is 18.6. The van der Waals surface area contributed by atoms with Gasteiger partial charge in [-0.3, -0.25) is 0 Å². The van der Waals surface area contributed by atoms with Crippen LogP contribution in [-0.4, -0.2) is 44.5 Å². The second-order valence-corrected chi connectivity index (χ2v) is 7.05. The molecule has 1 heterocycles. The summed E-state index contributed by atoms with van der Waals surface area (Å²) in [6.45, 7) is 9.93.